The van der Waals surface area contributed by atoms with Crippen molar-refractivity contribution in [1.82, 2.24) is 4.98 Å². The molecule has 0 saturated carbocycles. The fraction of sp³-hybridized carbons (Fsp3) is 0. The van der Waals surface area contributed by atoms with Gasteiger partial charge in [-0.3, -0.25) is 0 Å². The maximum absolute atomic E-state index is 10.7. The average molecular weight is 228 g/mol. The highest BCUT2D eigenvalue weighted by atomic mass is 35.5. The summed E-state index contributed by atoms with van der Waals surface area (Å²) in [5.74, 6) is -2.43. The first kappa shape index (κ1) is 11.2. The Kier molecular flexibility index (Phi) is 3.41. The first-order valence-electron chi connectivity index (χ1n) is 3.81. The van der Waals surface area contributed by atoms with E-state index >= 15 is 0 Å². The third-order valence-corrected chi connectivity index (χ3v) is 1.71. The fourth-order valence-electron chi connectivity index (χ4n) is 0.913. The summed E-state index contributed by atoms with van der Waals surface area (Å²) in [5.41, 5.74) is -0.0886. The molecule has 0 radical (unpaired) electrons. The molecule has 0 amide bonds. The highest BCUT2D eigenvalue weighted by Gasteiger charge is 2.10. The molecule has 0 bridgehead atoms. The number of aromatic nitrogens is 1. The van der Waals surface area contributed by atoms with E-state index in [0.717, 1.165) is 12.2 Å². The summed E-state index contributed by atoms with van der Waals surface area (Å²) in [7, 11) is 0. The largest absolute Gasteiger partial charge is 0.478 e. The van der Waals surface area contributed by atoms with Gasteiger partial charge < -0.3 is 10.2 Å². The number of hydrogen-bond acceptors (Lipinski definition) is 3. The lowest BCUT2D eigenvalue weighted by molar-refractivity contribution is -0.131. The van der Waals surface area contributed by atoms with E-state index in [0.29, 0.717) is 0 Å². The van der Waals surface area contributed by atoms with Crippen LogP contribution in [0.25, 0.3) is 6.08 Å². The predicted octanol–water partition coefficient (Wildman–Crippen LogP) is 1.53. The number of carbonyl (C=O) groups is 2. The zero-order valence-electron chi connectivity index (χ0n) is 7.35. The summed E-state index contributed by atoms with van der Waals surface area (Å²) in [6.45, 7) is 0. The molecule has 1 aromatic rings. The van der Waals surface area contributed by atoms with Crippen LogP contribution in [-0.4, -0.2) is 27.1 Å². The van der Waals surface area contributed by atoms with Crippen LogP contribution in [0.4, 0.5) is 0 Å². The number of pyridine rings is 1. The summed E-state index contributed by atoms with van der Waals surface area (Å²) < 4.78 is 0. The topological polar surface area (TPSA) is 87.5 Å². The Morgan fingerprint density at radius 1 is 1.33 bits per heavy atom. The van der Waals surface area contributed by atoms with Crippen molar-refractivity contribution in [1.29, 1.82) is 0 Å². The van der Waals surface area contributed by atoms with Gasteiger partial charge in [0, 0.05) is 11.6 Å². The number of rotatable bonds is 3. The number of hydrogen-bond donors (Lipinski definition) is 2. The SMILES string of the molecule is O=C(O)C=Cc1ccc(Cl)nc1C(=O)O. The molecule has 15 heavy (non-hydrogen) atoms. The van der Waals surface area contributed by atoms with E-state index in [-0.39, 0.29) is 16.4 Å². The number of aromatic carboxylic acids is 1. The summed E-state index contributed by atoms with van der Waals surface area (Å²) in [5, 5.41) is 17.2. The molecule has 0 spiro atoms. The first-order valence-corrected chi connectivity index (χ1v) is 4.19. The van der Waals surface area contributed by atoms with Crippen LogP contribution in [0.1, 0.15) is 16.1 Å². The second-order valence-electron chi connectivity index (χ2n) is 2.55. The van der Waals surface area contributed by atoms with Gasteiger partial charge in [-0.2, -0.15) is 0 Å². The molecule has 0 aliphatic heterocycles. The molecule has 1 heterocycles. The van der Waals surface area contributed by atoms with Gasteiger partial charge in [0.25, 0.3) is 0 Å². The molecule has 0 aliphatic carbocycles. The van der Waals surface area contributed by atoms with Gasteiger partial charge in [-0.25, -0.2) is 14.6 Å². The minimum atomic E-state index is -1.26. The van der Waals surface area contributed by atoms with Crippen molar-refractivity contribution >= 4 is 29.6 Å². The van der Waals surface area contributed by atoms with Crippen molar-refractivity contribution in [2.45, 2.75) is 0 Å². The summed E-state index contributed by atoms with van der Waals surface area (Å²) in [4.78, 5) is 24.5. The number of nitrogens with zero attached hydrogens (tertiary/aromatic N) is 1. The Labute approximate surface area is 89.6 Å². The predicted molar refractivity (Wildman–Crippen MR) is 52.9 cm³/mol. The van der Waals surface area contributed by atoms with Crippen molar-refractivity contribution in [2.24, 2.45) is 0 Å². The van der Waals surface area contributed by atoms with Crippen LogP contribution in [0.5, 0.6) is 0 Å². The van der Waals surface area contributed by atoms with E-state index < -0.39 is 11.9 Å². The van der Waals surface area contributed by atoms with Gasteiger partial charge in [-0.05, 0) is 18.2 Å². The summed E-state index contributed by atoms with van der Waals surface area (Å²) >= 11 is 5.51. The van der Waals surface area contributed by atoms with Gasteiger partial charge in [0.05, 0.1) is 0 Å². The van der Waals surface area contributed by atoms with E-state index in [9.17, 15) is 9.59 Å². The van der Waals surface area contributed by atoms with Gasteiger partial charge in [-0.1, -0.05) is 11.6 Å². The standard InChI is InChI=1S/C9H6ClNO4/c10-6-3-1-5(2-4-7(12)13)8(11-6)9(14)15/h1-4H,(H,12,13)(H,14,15). The second kappa shape index (κ2) is 4.56. The molecule has 0 unspecified atom stereocenters. The normalized spacial score (nSPS) is 10.5. The van der Waals surface area contributed by atoms with Gasteiger partial charge in [0.1, 0.15) is 5.15 Å². The van der Waals surface area contributed by atoms with Crippen LogP contribution >= 0.6 is 11.6 Å². The molecule has 0 fully saturated rings. The van der Waals surface area contributed by atoms with Crippen molar-refractivity contribution in [3.63, 3.8) is 0 Å². The van der Waals surface area contributed by atoms with Crippen LogP contribution in [0.15, 0.2) is 18.2 Å². The highest BCUT2D eigenvalue weighted by molar-refractivity contribution is 6.29. The molecular weight excluding hydrogens is 222 g/mol. The third-order valence-electron chi connectivity index (χ3n) is 1.50. The van der Waals surface area contributed by atoms with Crippen LogP contribution in [0, 0.1) is 0 Å². The zero-order chi connectivity index (χ0) is 11.4. The van der Waals surface area contributed by atoms with Crippen LogP contribution in [0.2, 0.25) is 5.15 Å². The Morgan fingerprint density at radius 3 is 2.53 bits per heavy atom. The maximum atomic E-state index is 10.7. The number of halogens is 1. The minimum Gasteiger partial charge on any atom is -0.478 e. The average Bonchev–Trinajstić information content (AvgIpc) is 2.15. The van der Waals surface area contributed by atoms with Gasteiger partial charge in [0.15, 0.2) is 5.69 Å². The minimum absolute atomic E-state index is 0.0416. The van der Waals surface area contributed by atoms with Gasteiger partial charge in [-0.15, -0.1) is 0 Å². The van der Waals surface area contributed by atoms with E-state index in [1.54, 1.807) is 0 Å². The molecule has 78 valence electrons. The summed E-state index contributed by atoms with van der Waals surface area (Å²) in [6, 6.07) is 2.77. The highest BCUT2D eigenvalue weighted by Crippen LogP contribution is 2.13. The molecule has 2 N–H and O–H groups in total. The quantitative estimate of drug-likeness (QED) is 0.604. The lowest BCUT2D eigenvalue weighted by Crippen LogP contribution is -2.03. The zero-order valence-corrected chi connectivity index (χ0v) is 8.10. The van der Waals surface area contributed by atoms with E-state index in [4.69, 9.17) is 21.8 Å². The van der Waals surface area contributed by atoms with Crippen LogP contribution < -0.4 is 0 Å². The molecule has 6 heteroatoms. The molecule has 0 aromatic carbocycles. The van der Waals surface area contributed by atoms with Gasteiger partial charge >= 0.3 is 11.9 Å². The Balaban J connectivity index is 3.17. The van der Waals surface area contributed by atoms with E-state index in [1.165, 1.54) is 12.1 Å². The first-order chi connectivity index (χ1) is 7.00. The number of carboxylic acids is 2. The Hall–Kier alpha value is -1.88. The van der Waals surface area contributed by atoms with Crippen molar-refractivity contribution < 1.29 is 19.8 Å². The molecule has 1 rings (SSSR count). The smallest absolute Gasteiger partial charge is 0.355 e. The molecule has 1 aromatic heterocycles. The van der Waals surface area contributed by atoms with Crippen LogP contribution in [0.3, 0.4) is 0 Å². The molecule has 5 nitrogen and oxygen atoms in total. The Bertz CT molecular complexity index is 442. The van der Waals surface area contributed by atoms with Crippen molar-refractivity contribution in [2.75, 3.05) is 0 Å². The number of carboxylic acid groups (broad SMARTS) is 2. The Morgan fingerprint density at radius 2 is 2.00 bits per heavy atom. The summed E-state index contributed by atoms with van der Waals surface area (Å²) in [6.07, 6.45) is 1.98. The number of aliphatic carboxylic acids is 1. The molecule has 0 atom stereocenters. The maximum Gasteiger partial charge on any atom is 0.355 e. The van der Waals surface area contributed by atoms with Crippen molar-refractivity contribution in [3.05, 3.63) is 34.6 Å². The van der Waals surface area contributed by atoms with E-state index in [1.807, 2.05) is 0 Å². The third kappa shape index (κ3) is 3.07. The van der Waals surface area contributed by atoms with Crippen LogP contribution in [-0.2, 0) is 4.79 Å². The van der Waals surface area contributed by atoms with Gasteiger partial charge in [0.2, 0.25) is 0 Å². The second-order valence-corrected chi connectivity index (χ2v) is 2.94. The van der Waals surface area contributed by atoms with Crippen molar-refractivity contribution in [3.8, 4) is 0 Å². The monoisotopic (exact) mass is 227 g/mol. The molecular formula is C9H6ClNO4. The molecule has 0 saturated heterocycles. The lowest BCUT2D eigenvalue weighted by Gasteiger charge is -1.99. The molecule has 0 aliphatic rings. The van der Waals surface area contributed by atoms with E-state index in [2.05, 4.69) is 4.98 Å². The fourth-order valence-corrected chi connectivity index (χ4v) is 1.06. The lowest BCUT2D eigenvalue weighted by atomic mass is 10.2.